The quantitative estimate of drug-likeness (QED) is 0.726. The maximum Gasteiger partial charge on any atom is 0.243 e. The molecule has 0 spiro atoms. The molecule has 0 atom stereocenters. The van der Waals surface area contributed by atoms with Crippen molar-refractivity contribution in [2.24, 2.45) is 0 Å². The number of amides is 1. The van der Waals surface area contributed by atoms with Crippen LogP contribution in [0.4, 0.5) is 15.8 Å². The monoisotopic (exact) mass is 415 g/mol. The normalized spacial score (nSPS) is 11.3. The van der Waals surface area contributed by atoms with Crippen molar-refractivity contribution in [1.29, 1.82) is 0 Å². The summed E-state index contributed by atoms with van der Waals surface area (Å²) in [6, 6.07) is 8.05. The number of rotatable bonds is 7. The molecule has 0 aliphatic rings. The van der Waals surface area contributed by atoms with Gasteiger partial charge in [0.05, 0.1) is 29.9 Å². The van der Waals surface area contributed by atoms with E-state index in [4.69, 9.17) is 16.3 Å². The van der Waals surface area contributed by atoms with Gasteiger partial charge < -0.3 is 15.4 Å². The molecule has 0 aliphatic heterocycles. The van der Waals surface area contributed by atoms with Crippen LogP contribution in [-0.2, 0) is 14.8 Å². The topological polar surface area (TPSA) is 87.7 Å². The Balaban J connectivity index is 2.16. The lowest BCUT2D eigenvalue weighted by molar-refractivity contribution is -0.114. The molecule has 2 aromatic carbocycles. The molecule has 0 bridgehead atoms. The van der Waals surface area contributed by atoms with Crippen molar-refractivity contribution in [3.05, 3.63) is 47.2 Å². The van der Waals surface area contributed by atoms with Crippen LogP contribution in [0.3, 0.4) is 0 Å². The zero-order valence-electron chi connectivity index (χ0n) is 14.9. The third kappa shape index (κ3) is 5.09. The molecule has 27 heavy (non-hydrogen) atoms. The Labute approximate surface area is 162 Å². The van der Waals surface area contributed by atoms with Gasteiger partial charge in [-0.3, -0.25) is 4.79 Å². The molecule has 0 aliphatic carbocycles. The average molecular weight is 416 g/mol. The van der Waals surface area contributed by atoms with Crippen LogP contribution in [0.25, 0.3) is 0 Å². The number of halogens is 2. The summed E-state index contributed by atoms with van der Waals surface area (Å²) in [5.74, 6) is -0.807. The molecule has 2 aromatic rings. The third-order valence-corrected chi connectivity index (χ3v) is 5.64. The summed E-state index contributed by atoms with van der Waals surface area (Å²) in [5.41, 5.74) is 0.257. The summed E-state index contributed by atoms with van der Waals surface area (Å²) in [5, 5.41) is 5.47. The van der Waals surface area contributed by atoms with Gasteiger partial charge in [-0.2, -0.15) is 0 Å². The van der Waals surface area contributed by atoms with Gasteiger partial charge in [0.15, 0.2) is 0 Å². The maximum absolute atomic E-state index is 13.7. The van der Waals surface area contributed by atoms with Gasteiger partial charge in [0.1, 0.15) is 11.6 Å². The van der Waals surface area contributed by atoms with E-state index in [0.29, 0.717) is 11.4 Å². The number of nitrogens with zero attached hydrogens (tertiary/aromatic N) is 1. The fourth-order valence-electron chi connectivity index (χ4n) is 2.16. The molecule has 0 unspecified atom stereocenters. The maximum atomic E-state index is 13.7. The molecule has 0 saturated heterocycles. The molecule has 0 heterocycles. The van der Waals surface area contributed by atoms with Gasteiger partial charge in [-0.15, -0.1) is 0 Å². The van der Waals surface area contributed by atoms with Crippen LogP contribution < -0.4 is 15.4 Å². The highest BCUT2D eigenvalue weighted by atomic mass is 35.5. The van der Waals surface area contributed by atoms with Crippen LogP contribution in [-0.4, -0.2) is 46.4 Å². The number of carbonyl (C=O) groups is 1. The summed E-state index contributed by atoms with van der Waals surface area (Å²) in [7, 11) is 0.602. The number of sulfonamides is 1. The molecule has 0 radical (unpaired) electrons. The van der Waals surface area contributed by atoms with Gasteiger partial charge in [-0.05, 0) is 36.4 Å². The predicted molar refractivity (Wildman–Crippen MR) is 102 cm³/mol. The Morgan fingerprint density at radius 3 is 2.52 bits per heavy atom. The van der Waals surface area contributed by atoms with Gasteiger partial charge >= 0.3 is 0 Å². The zero-order valence-corrected chi connectivity index (χ0v) is 16.5. The first-order chi connectivity index (χ1) is 12.6. The summed E-state index contributed by atoms with van der Waals surface area (Å²) < 4.78 is 44.5. The van der Waals surface area contributed by atoms with Crippen molar-refractivity contribution in [3.63, 3.8) is 0 Å². The van der Waals surface area contributed by atoms with Gasteiger partial charge in [-0.25, -0.2) is 17.1 Å². The minimum absolute atomic E-state index is 0.0390. The van der Waals surface area contributed by atoms with Crippen molar-refractivity contribution in [2.75, 3.05) is 38.4 Å². The van der Waals surface area contributed by atoms with E-state index in [1.165, 1.54) is 51.5 Å². The van der Waals surface area contributed by atoms with E-state index >= 15 is 0 Å². The highest BCUT2D eigenvalue weighted by Gasteiger charge is 2.19. The van der Waals surface area contributed by atoms with Crippen LogP contribution in [0.1, 0.15) is 0 Å². The molecule has 0 saturated carbocycles. The molecule has 146 valence electrons. The SMILES string of the molecule is COc1ccc(S(=O)(=O)N(C)C)cc1NCC(=O)Nc1cc(Cl)ccc1F. The fraction of sp³-hybridized carbons (Fsp3) is 0.235. The van der Waals surface area contributed by atoms with Crippen molar-refractivity contribution < 1.29 is 22.3 Å². The summed E-state index contributed by atoms with van der Waals surface area (Å²) in [6.45, 7) is -0.242. The number of nitrogens with one attached hydrogen (secondary N) is 2. The van der Waals surface area contributed by atoms with E-state index in [9.17, 15) is 17.6 Å². The zero-order chi connectivity index (χ0) is 20.2. The number of ether oxygens (including phenoxy) is 1. The second-order valence-corrected chi connectivity index (χ2v) is 8.26. The highest BCUT2D eigenvalue weighted by Crippen LogP contribution is 2.28. The fourth-order valence-corrected chi connectivity index (χ4v) is 3.26. The van der Waals surface area contributed by atoms with Gasteiger partial charge in [-0.1, -0.05) is 11.6 Å². The number of anilines is 2. The summed E-state index contributed by atoms with van der Waals surface area (Å²) in [6.07, 6.45) is 0. The van der Waals surface area contributed by atoms with Crippen LogP contribution in [0.5, 0.6) is 5.75 Å². The van der Waals surface area contributed by atoms with E-state index in [0.717, 1.165) is 10.4 Å². The van der Waals surface area contributed by atoms with E-state index < -0.39 is 21.7 Å². The smallest absolute Gasteiger partial charge is 0.243 e. The van der Waals surface area contributed by atoms with Crippen LogP contribution in [0.2, 0.25) is 5.02 Å². The molecule has 1 amide bonds. The largest absolute Gasteiger partial charge is 0.495 e. The number of carbonyl (C=O) groups excluding carboxylic acids is 1. The Morgan fingerprint density at radius 1 is 1.19 bits per heavy atom. The van der Waals surface area contributed by atoms with Crippen LogP contribution in [0, 0.1) is 5.82 Å². The van der Waals surface area contributed by atoms with Crippen molar-refractivity contribution >= 4 is 38.9 Å². The van der Waals surface area contributed by atoms with Crippen LogP contribution >= 0.6 is 11.6 Å². The third-order valence-electron chi connectivity index (χ3n) is 3.59. The first kappa shape index (κ1) is 20.9. The Morgan fingerprint density at radius 2 is 1.89 bits per heavy atom. The number of methoxy groups -OCH3 is 1. The van der Waals surface area contributed by atoms with Gasteiger partial charge in [0.2, 0.25) is 15.9 Å². The lowest BCUT2D eigenvalue weighted by atomic mass is 10.3. The number of hydrogen-bond donors (Lipinski definition) is 2. The lowest BCUT2D eigenvalue weighted by Gasteiger charge is -2.15. The van der Waals surface area contributed by atoms with Crippen molar-refractivity contribution in [1.82, 2.24) is 4.31 Å². The van der Waals surface area contributed by atoms with Crippen LogP contribution in [0.15, 0.2) is 41.3 Å². The molecular formula is C17H19ClFN3O4S. The Kier molecular flexibility index (Phi) is 6.63. The summed E-state index contributed by atoms with van der Waals surface area (Å²) >= 11 is 5.79. The molecule has 10 heteroatoms. The molecule has 2 rings (SSSR count). The number of benzene rings is 2. The van der Waals surface area contributed by atoms with Crippen molar-refractivity contribution in [2.45, 2.75) is 4.90 Å². The molecule has 7 nitrogen and oxygen atoms in total. The molecule has 0 fully saturated rings. The second kappa shape index (κ2) is 8.55. The van der Waals surface area contributed by atoms with E-state index in [1.807, 2.05) is 0 Å². The average Bonchev–Trinajstić information content (AvgIpc) is 2.62. The Bertz CT molecular complexity index is 951. The predicted octanol–water partition coefficient (Wildman–Crippen LogP) is 2.79. The second-order valence-electron chi connectivity index (χ2n) is 5.68. The molecule has 2 N–H and O–H groups in total. The molecular weight excluding hydrogens is 397 g/mol. The minimum Gasteiger partial charge on any atom is -0.495 e. The molecule has 0 aromatic heterocycles. The first-order valence-corrected chi connectivity index (χ1v) is 9.56. The van der Waals surface area contributed by atoms with Crippen molar-refractivity contribution in [3.8, 4) is 5.75 Å². The standard InChI is InChI=1S/C17H19ClFN3O4S/c1-22(2)27(24,25)12-5-7-16(26-3)15(9-12)20-10-17(23)21-14-8-11(18)4-6-13(14)19/h4-9,20H,10H2,1-3H3,(H,21,23). The highest BCUT2D eigenvalue weighted by molar-refractivity contribution is 7.89. The first-order valence-electron chi connectivity index (χ1n) is 7.74. The van der Waals surface area contributed by atoms with E-state index in [1.54, 1.807) is 0 Å². The van der Waals surface area contributed by atoms with Gasteiger partial charge in [0.25, 0.3) is 0 Å². The lowest BCUT2D eigenvalue weighted by Crippen LogP contribution is -2.24. The Hall–Kier alpha value is -2.36. The minimum atomic E-state index is -3.65. The van der Waals surface area contributed by atoms with Gasteiger partial charge in [0, 0.05) is 19.1 Å². The number of hydrogen-bond acceptors (Lipinski definition) is 5. The summed E-state index contributed by atoms with van der Waals surface area (Å²) in [4.78, 5) is 12.1. The van der Waals surface area contributed by atoms with E-state index in [2.05, 4.69) is 10.6 Å². The van der Waals surface area contributed by atoms with E-state index in [-0.39, 0.29) is 22.2 Å².